The van der Waals surface area contributed by atoms with Crippen molar-refractivity contribution in [3.05, 3.63) is 22.3 Å². The second-order valence-electron chi connectivity index (χ2n) is 9.06. The summed E-state index contributed by atoms with van der Waals surface area (Å²) in [6.07, 6.45) is 6.90. The Balaban J connectivity index is 1.54. The molecule has 0 radical (unpaired) electrons. The molecule has 0 aromatic heterocycles. The van der Waals surface area contributed by atoms with E-state index < -0.39 is 0 Å². The Morgan fingerprint density at radius 1 is 1.00 bits per heavy atom. The van der Waals surface area contributed by atoms with Crippen molar-refractivity contribution in [1.82, 2.24) is 9.80 Å². The number of hydrogen-bond donors (Lipinski definition) is 0. The third-order valence-electron chi connectivity index (χ3n) is 7.12. The molecule has 2 aliphatic heterocycles. The van der Waals surface area contributed by atoms with Crippen molar-refractivity contribution in [1.29, 1.82) is 0 Å². The van der Waals surface area contributed by atoms with Gasteiger partial charge in [0.2, 0.25) is 0 Å². The summed E-state index contributed by atoms with van der Waals surface area (Å²) in [4.78, 5) is 17.1. The zero-order valence-electron chi connectivity index (χ0n) is 17.9. The second-order valence-corrected chi connectivity index (χ2v) is 9.06. The van der Waals surface area contributed by atoms with E-state index in [-0.39, 0.29) is 11.6 Å². The molecule has 3 aliphatic rings. The van der Waals surface area contributed by atoms with Gasteiger partial charge in [0.15, 0.2) is 0 Å². The Hall–Kier alpha value is -1.59. The normalized spacial score (nSPS) is 22.1. The number of carbonyl (C=O) groups is 1. The molecular formula is C23H34N2O3. The van der Waals surface area contributed by atoms with Crippen LogP contribution >= 0.6 is 0 Å². The number of carbonyl (C=O) groups excluding carboxylic acids is 1. The van der Waals surface area contributed by atoms with Crippen LogP contribution in [0, 0.1) is 20.8 Å². The van der Waals surface area contributed by atoms with Crippen LogP contribution in [-0.2, 0) is 11.2 Å². The maximum Gasteiger partial charge on any atom is 0.325 e. The lowest BCUT2D eigenvalue weighted by Gasteiger charge is -2.41. The Labute approximate surface area is 169 Å². The first kappa shape index (κ1) is 19.7. The van der Waals surface area contributed by atoms with Crippen LogP contribution in [0.25, 0.3) is 0 Å². The number of fused-ring (bicyclic) bond motifs is 1. The van der Waals surface area contributed by atoms with Crippen LogP contribution in [0.4, 0.5) is 0 Å². The molecule has 1 saturated heterocycles. The highest BCUT2D eigenvalue weighted by Gasteiger charge is 2.41. The minimum absolute atomic E-state index is 0.0640. The molecule has 1 aromatic rings. The van der Waals surface area contributed by atoms with Crippen molar-refractivity contribution in [2.24, 2.45) is 0 Å². The Bertz CT molecular complexity index is 762. The van der Waals surface area contributed by atoms with Crippen molar-refractivity contribution in [3.63, 3.8) is 0 Å². The molecule has 5 heteroatoms. The quantitative estimate of drug-likeness (QED) is 0.588. The van der Waals surface area contributed by atoms with Gasteiger partial charge in [-0.15, -0.1) is 0 Å². The van der Waals surface area contributed by atoms with Gasteiger partial charge in [0.05, 0.1) is 6.54 Å². The van der Waals surface area contributed by atoms with Crippen LogP contribution in [0.1, 0.15) is 54.4 Å². The largest absolute Gasteiger partial charge is 0.487 e. The Morgan fingerprint density at radius 3 is 2.32 bits per heavy atom. The standard InChI is InChI=1S/C23H34N2O3/c1-16-17(2)22-19(7-5-8-23(28-22)9-6-10-23)18(3)21(16)27-20(26)15-25-13-11-24(4)12-14-25/h5-15H2,1-4H3. The van der Waals surface area contributed by atoms with Crippen molar-refractivity contribution in [2.45, 2.75) is 64.9 Å². The highest BCUT2D eigenvalue weighted by atomic mass is 16.5. The predicted octanol–water partition coefficient (Wildman–Crippen LogP) is 3.40. The summed E-state index contributed by atoms with van der Waals surface area (Å²) in [6, 6.07) is 0. The fourth-order valence-electron chi connectivity index (χ4n) is 4.86. The van der Waals surface area contributed by atoms with E-state index in [1.807, 2.05) is 0 Å². The summed E-state index contributed by atoms with van der Waals surface area (Å²) < 4.78 is 12.5. The lowest BCUT2D eigenvalue weighted by atomic mass is 9.77. The molecule has 0 atom stereocenters. The Kier molecular flexibility index (Phi) is 5.41. The topological polar surface area (TPSA) is 42.0 Å². The van der Waals surface area contributed by atoms with Gasteiger partial charge in [0.25, 0.3) is 0 Å². The van der Waals surface area contributed by atoms with Crippen molar-refractivity contribution >= 4 is 5.97 Å². The van der Waals surface area contributed by atoms with E-state index in [2.05, 4.69) is 37.6 Å². The number of esters is 1. The molecule has 0 bridgehead atoms. The van der Waals surface area contributed by atoms with Gasteiger partial charge in [-0.1, -0.05) is 0 Å². The molecule has 154 valence electrons. The van der Waals surface area contributed by atoms with Crippen LogP contribution in [0.2, 0.25) is 0 Å². The summed E-state index contributed by atoms with van der Waals surface area (Å²) in [5, 5.41) is 0. The number of benzene rings is 1. The summed E-state index contributed by atoms with van der Waals surface area (Å²) >= 11 is 0. The summed E-state index contributed by atoms with van der Waals surface area (Å²) in [5.41, 5.74) is 4.57. The zero-order chi connectivity index (χ0) is 19.9. The van der Waals surface area contributed by atoms with Crippen molar-refractivity contribution in [3.8, 4) is 11.5 Å². The number of nitrogens with zero attached hydrogens (tertiary/aromatic N) is 2. The number of hydrogen-bond acceptors (Lipinski definition) is 5. The third kappa shape index (κ3) is 3.67. The van der Waals surface area contributed by atoms with Crippen LogP contribution < -0.4 is 9.47 Å². The highest BCUT2D eigenvalue weighted by molar-refractivity contribution is 5.76. The monoisotopic (exact) mass is 386 g/mol. The summed E-state index contributed by atoms with van der Waals surface area (Å²) in [6.45, 7) is 10.5. The maximum absolute atomic E-state index is 12.7. The first-order valence-corrected chi connectivity index (χ1v) is 10.8. The van der Waals surface area contributed by atoms with Gasteiger partial charge in [-0.25, -0.2) is 0 Å². The predicted molar refractivity (Wildman–Crippen MR) is 110 cm³/mol. The number of ether oxygens (including phenoxy) is 2. The molecule has 4 rings (SSSR count). The molecule has 1 spiro atoms. The van der Waals surface area contributed by atoms with Gasteiger partial charge in [-0.05, 0) is 83.0 Å². The fourth-order valence-corrected chi connectivity index (χ4v) is 4.86. The highest BCUT2D eigenvalue weighted by Crippen LogP contribution is 2.48. The Morgan fingerprint density at radius 2 is 1.68 bits per heavy atom. The average Bonchev–Trinajstić information content (AvgIpc) is 2.86. The lowest BCUT2D eigenvalue weighted by molar-refractivity contribution is -0.136. The van der Waals surface area contributed by atoms with Gasteiger partial charge >= 0.3 is 5.97 Å². The second kappa shape index (κ2) is 7.68. The van der Waals surface area contributed by atoms with Crippen molar-refractivity contribution < 1.29 is 14.3 Å². The maximum atomic E-state index is 12.7. The van der Waals surface area contributed by atoms with Gasteiger partial charge in [0.1, 0.15) is 17.1 Å². The van der Waals surface area contributed by atoms with Crippen LogP contribution in [-0.4, -0.2) is 61.1 Å². The van der Waals surface area contributed by atoms with E-state index in [0.717, 1.165) is 73.6 Å². The first-order valence-electron chi connectivity index (χ1n) is 10.8. The minimum Gasteiger partial charge on any atom is -0.487 e. The van der Waals surface area contributed by atoms with Gasteiger partial charge in [-0.3, -0.25) is 9.69 Å². The van der Waals surface area contributed by atoms with Crippen molar-refractivity contribution in [2.75, 3.05) is 39.8 Å². The van der Waals surface area contributed by atoms with E-state index in [1.54, 1.807) is 0 Å². The van der Waals surface area contributed by atoms with E-state index >= 15 is 0 Å². The van der Waals surface area contributed by atoms with E-state index in [4.69, 9.17) is 9.47 Å². The van der Waals surface area contributed by atoms with E-state index in [9.17, 15) is 4.79 Å². The molecule has 2 fully saturated rings. The molecule has 1 saturated carbocycles. The van der Waals surface area contributed by atoms with E-state index in [0.29, 0.717) is 6.54 Å². The fraction of sp³-hybridized carbons (Fsp3) is 0.696. The SMILES string of the molecule is Cc1c(C)c2c(c(C)c1OC(=O)CN1CCN(C)CC1)CCCC1(CCC1)O2. The smallest absolute Gasteiger partial charge is 0.325 e. The molecule has 0 amide bonds. The third-order valence-corrected chi connectivity index (χ3v) is 7.12. The summed E-state index contributed by atoms with van der Waals surface area (Å²) in [7, 11) is 2.12. The molecule has 0 unspecified atom stereocenters. The molecule has 1 aliphatic carbocycles. The average molecular weight is 387 g/mol. The van der Waals surface area contributed by atoms with Gasteiger partial charge in [-0.2, -0.15) is 0 Å². The molecular weight excluding hydrogens is 352 g/mol. The first-order chi connectivity index (χ1) is 13.4. The number of piperazine rings is 1. The lowest BCUT2D eigenvalue weighted by Crippen LogP contribution is -2.46. The van der Waals surface area contributed by atoms with Crippen LogP contribution in [0.5, 0.6) is 11.5 Å². The molecule has 2 heterocycles. The number of rotatable bonds is 3. The van der Waals surface area contributed by atoms with Crippen LogP contribution in [0.15, 0.2) is 0 Å². The summed E-state index contributed by atoms with van der Waals surface area (Å²) in [5.74, 6) is 1.66. The minimum atomic E-state index is -0.153. The van der Waals surface area contributed by atoms with Crippen LogP contribution in [0.3, 0.4) is 0 Å². The van der Waals surface area contributed by atoms with Gasteiger partial charge < -0.3 is 14.4 Å². The number of likely N-dealkylation sites (N-methyl/N-ethyl adjacent to an activating group) is 1. The molecule has 28 heavy (non-hydrogen) atoms. The molecule has 0 N–H and O–H groups in total. The zero-order valence-corrected chi connectivity index (χ0v) is 17.9. The van der Waals surface area contributed by atoms with E-state index in [1.165, 1.54) is 24.8 Å². The molecule has 1 aromatic carbocycles. The molecule has 5 nitrogen and oxygen atoms in total. The van der Waals surface area contributed by atoms with Gasteiger partial charge in [0, 0.05) is 31.7 Å².